The summed E-state index contributed by atoms with van der Waals surface area (Å²) in [6.45, 7) is 5.66. The first-order chi connectivity index (χ1) is 21.9. The number of aromatic nitrogens is 3. The van der Waals surface area contributed by atoms with E-state index in [4.69, 9.17) is 0 Å². The van der Waals surface area contributed by atoms with Gasteiger partial charge in [0.25, 0.3) is 0 Å². The Morgan fingerprint density at radius 1 is 1.15 bits per heavy atom. The van der Waals surface area contributed by atoms with Crippen molar-refractivity contribution in [3.8, 4) is 6.07 Å². The number of piperidine rings is 1. The molecule has 2 aliphatic heterocycles. The molecule has 6 rings (SSSR count). The average Bonchev–Trinajstić information content (AvgIpc) is 3.58. The van der Waals surface area contributed by atoms with E-state index in [-0.39, 0.29) is 22.6 Å². The van der Waals surface area contributed by atoms with Crippen molar-refractivity contribution in [3.05, 3.63) is 46.0 Å². The van der Waals surface area contributed by atoms with Gasteiger partial charge < -0.3 is 15.2 Å². The quantitative estimate of drug-likeness (QED) is 0.216. The van der Waals surface area contributed by atoms with Gasteiger partial charge in [-0.3, -0.25) is 4.90 Å². The lowest BCUT2D eigenvalue weighted by molar-refractivity contribution is -0.126. The van der Waals surface area contributed by atoms with E-state index in [2.05, 4.69) is 59.9 Å². The number of likely N-dealkylation sites (tertiary alicyclic amines) is 1. The molecule has 1 aromatic carbocycles. The number of aryl methyl sites for hydroxylation is 2. The smallest absolute Gasteiger partial charge is 0.367 e. The number of sulfonamides is 1. The van der Waals surface area contributed by atoms with Crippen molar-refractivity contribution < 1.29 is 21.6 Å². The third-order valence-electron chi connectivity index (χ3n) is 9.09. The minimum Gasteiger partial charge on any atom is -0.367 e. The fourth-order valence-electron chi connectivity index (χ4n) is 6.47. The van der Waals surface area contributed by atoms with Crippen LogP contribution in [0.3, 0.4) is 0 Å². The number of benzene rings is 1. The third-order valence-corrected chi connectivity index (χ3v) is 11.5. The van der Waals surface area contributed by atoms with Crippen molar-refractivity contribution in [2.45, 2.75) is 64.3 Å². The number of thiophene rings is 1. The summed E-state index contributed by atoms with van der Waals surface area (Å²) < 4.78 is 67.2. The van der Waals surface area contributed by atoms with Crippen molar-refractivity contribution in [2.75, 3.05) is 43.1 Å². The van der Waals surface area contributed by atoms with Gasteiger partial charge in [-0.2, -0.15) is 23.4 Å². The number of alkyl halides is 3. The molecule has 46 heavy (non-hydrogen) atoms. The average molecular weight is 675 g/mol. The van der Waals surface area contributed by atoms with Gasteiger partial charge in [-0.15, -0.1) is 11.3 Å². The second-order valence-electron chi connectivity index (χ2n) is 12.3. The Labute approximate surface area is 270 Å². The molecule has 0 amide bonds. The highest BCUT2D eigenvalue weighted by atomic mass is 32.2. The first-order valence-corrected chi connectivity index (χ1v) is 17.9. The zero-order valence-electron chi connectivity index (χ0n) is 25.7. The largest absolute Gasteiger partial charge is 0.393 e. The Kier molecular flexibility index (Phi) is 9.17. The fraction of sp³-hybridized carbons (Fsp3) is 0.516. The van der Waals surface area contributed by atoms with Crippen LogP contribution >= 0.6 is 11.3 Å². The summed E-state index contributed by atoms with van der Waals surface area (Å²) in [6.07, 6.45) is -2.14. The molecule has 3 N–H and O–H groups in total. The summed E-state index contributed by atoms with van der Waals surface area (Å²) in [4.78, 5) is 12.1. The van der Waals surface area contributed by atoms with E-state index in [0.717, 1.165) is 66.7 Å². The molecule has 3 aromatic heterocycles. The van der Waals surface area contributed by atoms with Crippen LogP contribution in [0.2, 0.25) is 0 Å². The van der Waals surface area contributed by atoms with Crippen LogP contribution in [0, 0.1) is 24.2 Å². The van der Waals surface area contributed by atoms with Crippen molar-refractivity contribution in [2.24, 2.45) is 5.92 Å². The molecule has 0 saturated carbocycles. The maximum Gasteiger partial charge on any atom is 0.393 e. The topological polar surface area (TPSA) is 128 Å². The van der Waals surface area contributed by atoms with Crippen LogP contribution in [0.25, 0.3) is 21.1 Å². The van der Waals surface area contributed by atoms with Gasteiger partial charge >= 0.3 is 6.18 Å². The lowest BCUT2D eigenvalue weighted by Gasteiger charge is -2.33. The van der Waals surface area contributed by atoms with Gasteiger partial charge in [0.1, 0.15) is 22.4 Å². The fourth-order valence-corrected chi connectivity index (χ4v) is 8.81. The molecule has 2 fully saturated rings. The van der Waals surface area contributed by atoms with Crippen LogP contribution in [0.1, 0.15) is 47.4 Å². The van der Waals surface area contributed by atoms with E-state index in [1.165, 1.54) is 5.56 Å². The van der Waals surface area contributed by atoms with Gasteiger partial charge in [-0.1, -0.05) is 6.07 Å². The highest BCUT2D eigenvalue weighted by Gasteiger charge is 2.30. The van der Waals surface area contributed by atoms with Crippen LogP contribution in [0.5, 0.6) is 0 Å². The molecule has 10 nitrogen and oxygen atoms in total. The molecule has 2 saturated heterocycles. The number of anilines is 2. The second kappa shape index (κ2) is 13.0. The molecule has 5 heterocycles. The number of hydrogen-bond donors (Lipinski definition) is 3. The number of nitriles is 1. The van der Waals surface area contributed by atoms with Crippen molar-refractivity contribution >= 4 is 54.2 Å². The van der Waals surface area contributed by atoms with Gasteiger partial charge in [0.05, 0.1) is 17.6 Å². The second-order valence-corrected chi connectivity index (χ2v) is 15.3. The number of hydrogen-bond acceptors (Lipinski definition) is 9. The monoisotopic (exact) mass is 674 g/mol. The van der Waals surface area contributed by atoms with Crippen molar-refractivity contribution in [3.63, 3.8) is 0 Å². The summed E-state index contributed by atoms with van der Waals surface area (Å²) in [5, 5.41) is 18.0. The molecular weight excluding hydrogens is 638 g/mol. The summed E-state index contributed by atoms with van der Waals surface area (Å²) in [5.41, 5.74) is 3.97. The van der Waals surface area contributed by atoms with Crippen LogP contribution in [-0.2, 0) is 29.5 Å². The van der Waals surface area contributed by atoms with E-state index >= 15 is 0 Å². The molecular formula is C31H37F3N8O2S2. The lowest BCUT2D eigenvalue weighted by Crippen LogP contribution is -2.39. The maximum atomic E-state index is 13.0. The first kappa shape index (κ1) is 32.5. The van der Waals surface area contributed by atoms with Crippen molar-refractivity contribution in [1.29, 1.82) is 5.26 Å². The van der Waals surface area contributed by atoms with Gasteiger partial charge in [0.15, 0.2) is 0 Å². The van der Waals surface area contributed by atoms with E-state index in [1.807, 2.05) is 6.07 Å². The Morgan fingerprint density at radius 2 is 1.93 bits per heavy atom. The van der Waals surface area contributed by atoms with Crippen molar-refractivity contribution in [1.82, 2.24) is 24.2 Å². The number of nitrogens with zero attached hydrogens (tertiary/aromatic N) is 5. The normalized spacial score (nSPS) is 19.4. The number of halogens is 3. The van der Waals surface area contributed by atoms with E-state index in [9.17, 15) is 26.9 Å². The highest BCUT2D eigenvalue weighted by molar-refractivity contribution is 7.89. The van der Waals surface area contributed by atoms with Gasteiger partial charge in [0.2, 0.25) is 16.0 Å². The molecule has 4 aromatic rings. The highest BCUT2D eigenvalue weighted by Crippen LogP contribution is 2.35. The number of rotatable bonds is 9. The SMILES string of the molecule is CNc1nc(NC2CCN(Cc3ccc4c(cc(C#N)n4CCC4CCS(=O)(=O)NC4)c3C)CC2)c2cc(CC(F)(F)F)sc2n1. The molecule has 0 spiro atoms. The Bertz CT molecular complexity index is 1880. The first-order valence-electron chi connectivity index (χ1n) is 15.4. The van der Waals surface area contributed by atoms with E-state index in [1.54, 1.807) is 13.1 Å². The zero-order valence-corrected chi connectivity index (χ0v) is 27.4. The Balaban J connectivity index is 1.10. The Morgan fingerprint density at radius 3 is 2.61 bits per heavy atom. The summed E-state index contributed by atoms with van der Waals surface area (Å²) in [7, 11) is -1.46. The van der Waals surface area contributed by atoms with Gasteiger partial charge in [-0.25, -0.2) is 18.1 Å². The number of nitrogens with one attached hydrogen (secondary N) is 3. The molecule has 246 valence electrons. The molecule has 2 aliphatic rings. The van der Waals surface area contributed by atoms with Gasteiger partial charge in [-0.05, 0) is 67.9 Å². The van der Waals surface area contributed by atoms with Crippen LogP contribution in [0.15, 0.2) is 24.3 Å². The summed E-state index contributed by atoms with van der Waals surface area (Å²) in [5.74, 6) is 1.32. The standard InChI is InChI=1S/C31H37F3N8O2S2/c1-19-21(3-4-27-25(19)13-23(16-35)42(27)11-5-20-8-12-46(43,44)37-17-20)18-41-9-6-22(7-10-41)38-28-26-14-24(15-31(32,33)34)45-29(26)40-30(36-2)39-28/h3-4,13-14,20,22,37H,5-12,15,17-18H2,1-2H3,(H2,36,38,39,40). The van der Waals surface area contributed by atoms with Gasteiger partial charge in [0, 0.05) is 61.6 Å². The number of fused-ring (bicyclic) bond motifs is 2. The predicted octanol–water partition coefficient (Wildman–Crippen LogP) is 5.38. The van der Waals surface area contributed by atoms with E-state index < -0.39 is 22.6 Å². The molecule has 0 bridgehead atoms. The minimum atomic E-state index is -4.28. The van der Waals surface area contributed by atoms with E-state index in [0.29, 0.717) is 47.2 Å². The molecule has 15 heteroatoms. The predicted molar refractivity (Wildman–Crippen MR) is 175 cm³/mol. The molecule has 0 radical (unpaired) electrons. The lowest BCUT2D eigenvalue weighted by atomic mass is 10.0. The third kappa shape index (κ3) is 7.25. The van der Waals surface area contributed by atoms with Crippen LogP contribution in [0.4, 0.5) is 24.9 Å². The van der Waals surface area contributed by atoms with Crippen LogP contribution in [-0.4, -0.2) is 72.5 Å². The molecule has 1 atom stereocenters. The van der Waals surface area contributed by atoms with Crippen LogP contribution < -0.4 is 15.4 Å². The zero-order chi connectivity index (χ0) is 32.6. The summed E-state index contributed by atoms with van der Waals surface area (Å²) >= 11 is 1.05. The molecule has 1 unspecified atom stereocenters. The Hall–Kier alpha value is -3.45. The molecule has 0 aliphatic carbocycles. The minimum absolute atomic E-state index is 0.125. The summed E-state index contributed by atoms with van der Waals surface area (Å²) in [6, 6.07) is 10.2. The maximum absolute atomic E-state index is 13.0.